The molecule has 2 aromatic heterocycles. The van der Waals surface area contributed by atoms with E-state index in [9.17, 15) is 5.11 Å². The zero-order valence-electron chi connectivity index (χ0n) is 14.1. The predicted molar refractivity (Wildman–Crippen MR) is 108 cm³/mol. The first-order valence-corrected chi connectivity index (χ1v) is 9.94. The van der Waals surface area contributed by atoms with Gasteiger partial charge in [0.1, 0.15) is 22.4 Å². The smallest absolute Gasteiger partial charge is 0.139 e. The third-order valence-corrected chi connectivity index (χ3v) is 5.81. The summed E-state index contributed by atoms with van der Waals surface area (Å²) in [6.45, 7) is 2.83. The van der Waals surface area contributed by atoms with E-state index in [1.807, 2.05) is 54.1 Å². The standard InChI is InChI=1S/C19H17N3O2S2/c1-2-24-13-7-5-12(6-8-13)22-10-15(23)17(18(22)20)19-21-14(11-26-19)16-4-3-9-25-16/h3-9,11,20,23H,2,10H2,1H3. The number of hydrogen-bond donors (Lipinski definition) is 2. The van der Waals surface area contributed by atoms with Crippen molar-refractivity contribution in [3.8, 4) is 16.3 Å². The molecular weight excluding hydrogens is 366 g/mol. The largest absolute Gasteiger partial charge is 0.510 e. The number of amidine groups is 1. The molecule has 0 fully saturated rings. The van der Waals surface area contributed by atoms with Crippen LogP contribution in [0.25, 0.3) is 16.1 Å². The highest BCUT2D eigenvalue weighted by molar-refractivity contribution is 7.14. The molecule has 2 N–H and O–H groups in total. The molecule has 7 heteroatoms. The number of hydrogen-bond acceptors (Lipinski definition) is 6. The quantitative estimate of drug-likeness (QED) is 0.648. The summed E-state index contributed by atoms with van der Waals surface area (Å²) < 4.78 is 5.46. The minimum absolute atomic E-state index is 0.177. The third kappa shape index (κ3) is 3.00. The van der Waals surface area contributed by atoms with Gasteiger partial charge in [0, 0.05) is 11.1 Å². The number of ether oxygens (including phenoxy) is 1. The minimum atomic E-state index is 0.177. The van der Waals surface area contributed by atoms with Crippen LogP contribution >= 0.6 is 22.7 Å². The molecule has 0 bridgehead atoms. The van der Waals surface area contributed by atoms with Gasteiger partial charge in [0.15, 0.2) is 0 Å². The molecule has 132 valence electrons. The van der Waals surface area contributed by atoms with Crippen LogP contribution < -0.4 is 9.64 Å². The average Bonchev–Trinajstić information content (AvgIpc) is 3.36. The fourth-order valence-corrected chi connectivity index (χ4v) is 4.49. The highest BCUT2D eigenvalue weighted by Gasteiger charge is 2.31. The van der Waals surface area contributed by atoms with E-state index < -0.39 is 0 Å². The molecule has 0 atom stereocenters. The van der Waals surface area contributed by atoms with Gasteiger partial charge >= 0.3 is 0 Å². The molecule has 0 unspecified atom stereocenters. The van der Waals surface area contributed by atoms with Crippen molar-refractivity contribution in [1.82, 2.24) is 4.98 Å². The summed E-state index contributed by atoms with van der Waals surface area (Å²) in [6.07, 6.45) is 0. The molecular formula is C19H17N3O2S2. The number of aliphatic hydroxyl groups excluding tert-OH is 1. The summed E-state index contributed by atoms with van der Waals surface area (Å²) in [7, 11) is 0. The maximum absolute atomic E-state index is 10.5. The molecule has 0 saturated carbocycles. The summed E-state index contributed by atoms with van der Waals surface area (Å²) in [6, 6.07) is 11.5. The van der Waals surface area contributed by atoms with E-state index in [0.29, 0.717) is 17.2 Å². The normalized spacial score (nSPS) is 14.3. The number of rotatable bonds is 5. The first-order chi connectivity index (χ1) is 12.7. The molecule has 1 aromatic carbocycles. The number of thiazole rings is 1. The molecule has 5 nitrogen and oxygen atoms in total. The van der Waals surface area contributed by atoms with Crippen LogP contribution in [0.5, 0.6) is 5.75 Å². The first-order valence-electron chi connectivity index (χ1n) is 8.18. The van der Waals surface area contributed by atoms with Crippen molar-refractivity contribution >= 4 is 39.8 Å². The maximum Gasteiger partial charge on any atom is 0.139 e. The van der Waals surface area contributed by atoms with Crippen molar-refractivity contribution in [2.75, 3.05) is 18.1 Å². The lowest BCUT2D eigenvalue weighted by atomic mass is 10.2. The van der Waals surface area contributed by atoms with Crippen molar-refractivity contribution < 1.29 is 9.84 Å². The van der Waals surface area contributed by atoms with Crippen LogP contribution in [-0.4, -0.2) is 29.1 Å². The Labute approximate surface area is 159 Å². The molecule has 0 amide bonds. The summed E-state index contributed by atoms with van der Waals surface area (Å²) in [5, 5.41) is 23.6. The molecule has 0 aliphatic carbocycles. The van der Waals surface area contributed by atoms with Crippen LogP contribution in [0.4, 0.5) is 5.69 Å². The third-order valence-electron chi connectivity index (χ3n) is 4.05. The number of nitrogens with zero attached hydrogens (tertiary/aromatic N) is 2. The summed E-state index contributed by atoms with van der Waals surface area (Å²) in [5.74, 6) is 1.23. The Morgan fingerprint density at radius 3 is 2.73 bits per heavy atom. The number of thiophene rings is 1. The predicted octanol–water partition coefficient (Wildman–Crippen LogP) is 5.04. The Hall–Kier alpha value is -2.64. The fraction of sp³-hybridized carbons (Fsp3) is 0.158. The van der Waals surface area contributed by atoms with Gasteiger partial charge in [0.2, 0.25) is 0 Å². The first kappa shape index (κ1) is 16.8. The molecule has 4 rings (SSSR count). The van der Waals surface area contributed by atoms with Crippen molar-refractivity contribution in [1.29, 1.82) is 5.41 Å². The second-order valence-corrected chi connectivity index (χ2v) is 7.50. The second-order valence-electron chi connectivity index (χ2n) is 5.70. The van der Waals surface area contributed by atoms with E-state index in [0.717, 1.165) is 22.0 Å². The zero-order chi connectivity index (χ0) is 18.1. The van der Waals surface area contributed by atoms with Gasteiger partial charge in [-0.1, -0.05) is 6.07 Å². The lowest BCUT2D eigenvalue weighted by Crippen LogP contribution is -2.25. The Kier molecular flexibility index (Phi) is 4.48. The van der Waals surface area contributed by atoms with Crippen molar-refractivity contribution in [3.63, 3.8) is 0 Å². The van der Waals surface area contributed by atoms with E-state index in [1.54, 1.807) is 16.2 Å². The van der Waals surface area contributed by atoms with Crippen LogP contribution in [0.3, 0.4) is 0 Å². The second kappa shape index (κ2) is 6.93. The van der Waals surface area contributed by atoms with Crippen molar-refractivity contribution in [3.05, 3.63) is 57.9 Å². The SMILES string of the molecule is CCOc1ccc(N2CC(O)=C(c3nc(-c4cccs4)cs3)C2=N)cc1. The topological polar surface area (TPSA) is 69.4 Å². The molecule has 1 aliphatic heterocycles. The lowest BCUT2D eigenvalue weighted by Gasteiger charge is -2.18. The number of anilines is 1. The van der Waals surface area contributed by atoms with Gasteiger partial charge in [-0.15, -0.1) is 22.7 Å². The molecule has 3 aromatic rings. The minimum Gasteiger partial charge on any atom is -0.510 e. The lowest BCUT2D eigenvalue weighted by molar-refractivity contribution is 0.340. The Bertz CT molecular complexity index is 959. The van der Waals surface area contributed by atoms with E-state index >= 15 is 0 Å². The summed E-state index contributed by atoms with van der Waals surface area (Å²) >= 11 is 3.07. The molecule has 0 radical (unpaired) electrons. The number of aromatic nitrogens is 1. The van der Waals surface area contributed by atoms with Crippen LogP contribution in [0.15, 0.2) is 52.9 Å². The van der Waals surface area contributed by atoms with Crippen LogP contribution in [0.2, 0.25) is 0 Å². The van der Waals surface area contributed by atoms with Gasteiger partial charge in [-0.05, 0) is 42.6 Å². The highest BCUT2D eigenvalue weighted by atomic mass is 32.1. The van der Waals surface area contributed by atoms with E-state index in [2.05, 4.69) is 4.98 Å². The van der Waals surface area contributed by atoms with E-state index in [1.165, 1.54) is 11.3 Å². The summed E-state index contributed by atoms with van der Waals surface area (Å²) in [4.78, 5) is 7.48. The number of aliphatic hydroxyl groups is 1. The van der Waals surface area contributed by atoms with E-state index in [4.69, 9.17) is 10.1 Å². The van der Waals surface area contributed by atoms with Gasteiger partial charge in [0.25, 0.3) is 0 Å². The van der Waals surface area contributed by atoms with Crippen molar-refractivity contribution in [2.45, 2.75) is 6.92 Å². The van der Waals surface area contributed by atoms with E-state index in [-0.39, 0.29) is 18.1 Å². The fourth-order valence-electron chi connectivity index (χ4n) is 2.84. The van der Waals surface area contributed by atoms with Crippen LogP contribution in [0.1, 0.15) is 11.9 Å². The maximum atomic E-state index is 10.5. The highest BCUT2D eigenvalue weighted by Crippen LogP contribution is 2.35. The van der Waals surface area contributed by atoms with Crippen molar-refractivity contribution in [2.24, 2.45) is 0 Å². The van der Waals surface area contributed by atoms with Crippen LogP contribution in [0, 0.1) is 5.41 Å². The van der Waals surface area contributed by atoms with Gasteiger partial charge in [0.05, 0.1) is 29.3 Å². The molecule has 0 spiro atoms. The Morgan fingerprint density at radius 2 is 2.04 bits per heavy atom. The van der Waals surface area contributed by atoms with Crippen LogP contribution in [-0.2, 0) is 0 Å². The monoisotopic (exact) mass is 383 g/mol. The average molecular weight is 383 g/mol. The Balaban J connectivity index is 1.59. The molecule has 3 heterocycles. The van der Waals surface area contributed by atoms with Gasteiger partial charge in [-0.25, -0.2) is 4.98 Å². The Morgan fingerprint density at radius 1 is 1.23 bits per heavy atom. The zero-order valence-corrected chi connectivity index (χ0v) is 15.7. The van der Waals surface area contributed by atoms with Gasteiger partial charge < -0.3 is 14.7 Å². The number of nitrogens with one attached hydrogen (secondary N) is 1. The summed E-state index contributed by atoms with van der Waals surface area (Å²) in [5.41, 5.74) is 2.23. The van der Waals surface area contributed by atoms with Gasteiger partial charge in [-0.3, -0.25) is 5.41 Å². The number of benzene rings is 1. The molecule has 26 heavy (non-hydrogen) atoms. The molecule has 0 saturated heterocycles. The molecule has 1 aliphatic rings. The van der Waals surface area contributed by atoms with Gasteiger partial charge in [-0.2, -0.15) is 0 Å².